The van der Waals surface area contributed by atoms with Gasteiger partial charge in [0.2, 0.25) is 0 Å². The van der Waals surface area contributed by atoms with E-state index in [2.05, 4.69) is 6.92 Å². The molecule has 1 aromatic carbocycles. The van der Waals surface area contributed by atoms with Crippen molar-refractivity contribution < 1.29 is 14.3 Å². The minimum Gasteiger partial charge on any atom is -0.493 e. The zero-order valence-electron chi connectivity index (χ0n) is 13.0. The molecule has 0 heterocycles. The maximum atomic E-state index is 12.1. The van der Waals surface area contributed by atoms with Gasteiger partial charge in [0.15, 0.2) is 17.3 Å². The molecule has 108 valence electrons. The van der Waals surface area contributed by atoms with Crippen molar-refractivity contribution in [2.45, 2.75) is 33.1 Å². The van der Waals surface area contributed by atoms with Crippen LogP contribution in [0.25, 0.3) is 0 Å². The molecule has 3 heteroatoms. The number of methoxy groups -OCH3 is 2. The number of hydrogen-bond acceptors (Lipinski definition) is 3. The van der Waals surface area contributed by atoms with Gasteiger partial charge in [0, 0.05) is 16.4 Å². The Kier molecular flexibility index (Phi) is 3.41. The first-order chi connectivity index (χ1) is 9.29. The third kappa shape index (κ3) is 1.76. The first-order valence-electron chi connectivity index (χ1n) is 6.75. The van der Waals surface area contributed by atoms with Gasteiger partial charge in [0.25, 0.3) is 0 Å². The van der Waals surface area contributed by atoms with Gasteiger partial charge in [0.1, 0.15) is 0 Å². The number of allylic oxidation sites excluding steroid dienone is 2. The summed E-state index contributed by atoms with van der Waals surface area (Å²) in [5.41, 5.74) is 1.09. The van der Waals surface area contributed by atoms with Crippen LogP contribution in [0, 0.1) is 12.3 Å². The van der Waals surface area contributed by atoms with E-state index in [0.717, 1.165) is 16.9 Å². The molecule has 2 rings (SSSR count). The van der Waals surface area contributed by atoms with E-state index in [1.165, 1.54) is 0 Å². The van der Waals surface area contributed by atoms with Crippen LogP contribution in [0.15, 0.2) is 24.3 Å². The monoisotopic (exact) mass is 274 g/mol. The first kappa shape index (κ1) is 14.6. The number of aryl methyl sites for hydroxylation is 1. The van der Waals surface area contributed by atoms with Crippen molar-refractivity contribution in [1.29, 1.82) is 0 Å². The summed E-state index contributed by atoms with van der Waals surface area (Å²) in [4.78, 5) is 12.1. The lowest BCUT2D eigenvalue weighted by Crippen LogP contribution is -2.39. The van der Waals surface area contributed by atoms with Crippen molar-refractivity contribution in [1.82, 2.24) is 0 Å². The zero-order chi connectivity index (χ0) is 15.1. The highest BCUT2D eigenvalue weighted by molar-refractivity contribution is 5.99. The summed E-state index contributed by atoms with van der Waals surface area (Å²) in [7, 11) is 3.27. The standard InChI is InChI=1S/C17H22O3/c1-11-7-8-12(15(20-6)14(11)19-5)17(4)10-9-13(18)16(17,2)3/h7-10H,1-6H3/t17-/m0/s1. The molecular formula is C17H22O3. The molecule has 0 aromatic heterocycles. The average molecular weight is 274 g/mol. The predicted octanol–water partition coefficient (Wildman–Crippen LogP) is 3.44. The van der Waals surface area contributed by atoms with E-state index < -0.39 is 10.8 Å². The first-order valence-corrected chi connectivity index (χ1v) is 6.75. The van der Waals surface area contributed by atoms with Gasteiger partial charge in [-0.05, 0) is 18.6 Å². The summed E-state index contributed by atoms with van der Waals surface area (Å²) < 4.78 is 11.1. The van der Waals surface area contributed by atoms with E-state index in [1.54, 1.807) is 20.3 Å². The Bertz CT molecular complexity index is 584. The number of carbonyl (C=O) groups excluding carboxylic acids is 1. The van der Waals surface area contributed by atoms with Crippen LogP contribution in [0.2, 0.25) is 0 Å². The van der Waals surface area contributed by atoms with Crippen LogP contribution in [0.3, 0.4) is 0 Å². The highest BCUT2D eigenvalue weighted by Gasteiger charge is 2.50. The molecule has 0 amide bonds. The molecule has 0 fully saturated rings. The van der Waals surface area contributed by atoms with Gasteiger partial charge in [-0.15, -0.1) is 0 Å². The molecule has 0 bridgehead atoms. The number of ketones is 1. The fourth-order valence-corrected chi connectivity index (χ4v) is 2.87. The van der Waals surface area contributed by atoms with E-state index in [-0.39, 0.29) is 5.78 Å². The number of rotatable bonds is 3. The third-order valence-corrected chi connectivity index (χ3v) is 4.76. The summed E-state index contributed by atoms with van der Waals surface area (Å²) in [6.07, 6.45) is 3.65. The summed E-state index contributed by atoms with van der Waals surface area (Å²) >= 11 is 0. The van der Waals surface area contributed by atoms with E-state index in [0.29, 0.717) is 5.75 Å². The lowest BCUT2D eigenvalue weighted by molar-refractivity contribution is -0.123. The molecule has 0 saturated heterocycles. The highest BCUT2D eigenvalue weighted by Crippen LogP contribution is 2.52. The lowest BCUT2D eigenvalue weighted by Gasteiger charge is -2.38. The van der Waals surface area contributed by atoms with Crippen LogP contribution in [0.1, 0.15) is 31.9 Å². The molecule has 0 radical (unpaired) electrons. The Labute approximate surface area is 120 Å². The molecule has 0 saturated carbocycles. The van der Waals surface area contributed by atoms with Gasteiger partial charge in [-0.2, -0.15) is 0 Å². The summed E-state index contributed by atoms with van der Waals surface area (Å²) in [6.45, 7) is 8.00. The molecule has 0 N–H and O–H groups in total. The normalized spacial score (nSPS) is 24.0. The van der Waals surface area contributed by atoms with Gasteiger partial charge in [-0.3, -0.25) is 4.79 Å². The van der Waals surface area contributed by atoms with E-state index >= 15 is 0 Å². The van der Waals surface area contributed by atoms with E-state index in [4.69, 9.17) is 9.47 Å². The Morgan fingerprint density at radius 2 is 1.60 bits per heavy atom. The molecular weight excluding hydrogens is 252 g/mol. The van der Waals surface area contributed by atoms with Crippen molar-refractivity contribution in [3.63, 3.8) is 0 Å². The minimum absolute atomic E-state index is 0.140. The highest BCUT2D eigenvalue weighted by atomic mass is 16.5. The van der Waals surface area contributed by atoms with Gasteiger partial charge < -0.3 is 9.47 Å². The summed E-state index contributed by atoms with van der Waals surface area (Å²) in [6, 6.07) is 4.04. The lowest BCUT2D eigenvalue weighted by atomic mass is 9.64. The summed E-state index contributed by atoms with van der Waals surface area (Å²) in [5, 5.41) is 0. The van der Waals surface area contributed by atoms with Crippen molar-refractivity contribution in [2.75, 3.05) is 14.2 Å². The van der Waals surface area contributed by atoms with E-state index in [9.17, 15) is 4.79 Å². The Balaban J connectivity index is 2.71. The van der Waals surface area contributed by atoms with Crippen molar-refractivity contribution in [2.24, 2.45) is 5.41 Å². The van der Waals surface area contributed by atoms with Crippen molar-refractivity contribution >= 4 is 5.78 Å². The number of carbonyl (C=O) groups is 1. The van der Waals surface area contributed by atoms with Gasteiger partial charge >= 0.3 is 0 Å². The predicted molar refractivity (Wildman–Crippen MR) is 79.6 cm³/mol. The van der Waals surface area contributed by atoms with Crippen LogP contribution in [0.5, 0.6) is 11.5 Å². The quantitative estimate of drug-likeness (QED) is 0.847. The molecule has 20 heavy (non-hydrogen) atoms. The molecule has 1 aliphatic rings. The molecule has 1 aliphatic carbocycles. The molecule has 1 atom stereocenters. The minimum atomic E-state index is -0.499. The van der Waals surface area contributed by atoms with Crippen LogP contribution in [-0.2, 0) is 10.2 Å². The second kappa shape index (κ2) is 4.65. The fraction of sp³-hybridized carbons (Fsp3) is 0.471. The van der Waals surface area contributed by atoms with Crippen LogP contribution in [-0.4, -0.2) is 20.0 Å². The molecule has 0 spiro atoms. The van der Waals surface area contributed by atoms with Crippen LogP contribution in [0.4, 0.5) is 0 Å². The van der Waals surface area contributed by atoms with Gasteiger partial charge in [0.05, 0.1) is 14.2 Å². The second-order valence-corrected chi connectivity index (χ2v) is 6.02. The van der Waals surface area contributed by atoms with Gasteiger partial charge in [-0.1, -0.05) is 39.0 Å². The van der Waals surface area contributed by atoms with Gasteiger partial charge in [-0.25, -0.2) is 0 Å². The zero-order valence-corrected chi connectivity index (χ0v) is 13.0. The largest absolute Gasteiger partial charge is 0.493 e. The summed E-state index contributed by atoms with van der Waals surface area (Å²) in [5.74, 6) is 1.58. The molecule has 0 unspecified atom stereocenters. The molecule has 0 aliphatic heterocycles. The number of benzene rings is 1. The second-order valence-electron chi connectivity index (χ2n) is 6.02. The molecule has 3 nitrogen and oxygen atoms in total. The maximum absolute atomic E-state index is 12.1. The fourth-order valence-electron chi connectivity index (χ4n) is 2.87. The number of ether oxygens (including phenoxy) is 2. The van der Waals surface area contributed by atoms with Crippen LogP contribution < -0.4 is 9.47 Å². The maximum Gasteiger partial charge on any atom is 0.165 e. The topological polar surface area (TPSA) is 35.5 Å². The third-order valence-electron chi connectivity index (χ3n) is 4.76. The number of hydrogen-bond donors (Lipinski definition) is 0. The SMILES string of the molecule is COc1c(C)ccc([C@]2(C)C=CC(=O)C2(C)C)c1OC. The Morgan fingerprint density at radius 1 is 1.00 bits per heavy atom. The average Bonchev–Trinajstić information content (AvgIpc) is 2.62. The van der Waals surface area contributed by atoms with Crippen LogP contribution >= 0.6 is 0 Å². The Hall–Kier alpha value is -1.77. The van der Waals surface area contributed by atoms with Crippen molar-refractivity contribution in [3.8, 4) is 11.5 Å². The van der Waals surface area contributed by atoms with Crippen molar-refractivity contribution in [3.05, 3.63) is 35.4 Å². The van der Waals surface area contributed by atoms with E-state index in [1.807, 2.05) is 39.0 Å². The molecule has 1 aromatic rings. The Morgan fingerprint density at radius 3 is 2.05 bits per heavy atom. The smallest absolute Gasteiger partial charge is 0.165 e.